The van der Waals surface area contributed by atoms with Gasteiger partial charge in [-0.3, -0.25) is 0 Å². The Morgan fingerprint density at radius 1 is 1.29 bits per heavy atom. The lowest BCUT2D eigenvalue weighted by molar-refractivity contribution is 0.683. The summed E-state index contributed by atoms with van der Waals surface area (Å²) in [5.41, 5.74) is 1.04. The summed E-state index contributed by atoms with van der Waals surface area (Å²) >= 11 is 0. The maximum Gasteiger partial charge on any atom is 0.131 e. The topological polar surface area (TPSA) is 25.8 Å². The van der Waals surface area contributed by atoms with Gasteiger partial charge in [0.15, 0.2) is 0 Å². The van der Waals surface area contributed by atoms with Crippen molar-refractivity contribution in [3.8, 4) is 0 Å². The van der Waals surface area contributed by atoms with Crippen LogP contribution in [-0.2, 0) is 0 Å². The molecule has 1 atom stereocenters. The Hall–Kier alpha value is -1.44. The molecule has 0 aliphatic rings. The normalized spacial score (nSPS) is 13.0. The predicted molar refractivity (Wildman–Crippen MR) is 58.2 cm³/mol. The van der Waals surface area contributed by atoms with Crippen molar-refractivity contribution < 1.29 is 0 Å². The molecule has 0 fully saturated rings. The summed E-state index contributed by atoms with van der Waals surface area (Å²) in [6, 6.07) is 8.09. The Balaban J connectivity index is 2.51. The van der Waals surface area contributed by atoms with Crippen LogP contribution in [0.1, 0.15) is 32.0 Å². The van der Waals surface area contributed by atoms with Crippen LogP contribution in [0.2, 0.25) is 0 Å². The molecule has 0 aliphatic carbocycles. The maximum absolute atomic E-state index is 4.53. The molecule has 0 bridgehead atoms. The minimum absolute atomic E-state index is 0.444. The maximum atomic E-state index is 4.53. The highest BCUT2D eigenvalue weighted by Gasteiger charge is 2.06. The first kappa shape index (κ1) is 9.13. The number of benzene rings is 1. The van der Waals surface area contributed by atoms with Crippen LogP contribution in [0, 0.1) is 0 Å². The first-order chi connectivity index (χ1) is 6.81. The van der Waals surface area contributed by atoms with Crippen molar-refractivity contribution in [2.45, 2.75) is 26.2 Å². The third kappa shape index (κ3) is 1.60. The Morgan fingerprint density at radius 3 is 2.86 bits per heavy atom. The van der Waals surface area contributed by atoms with E-state index in [9.17, 15) is 0 Å². The SMILES string of the molecule is CCC(C)c1ncc2ccccc2n1. The molecule has 72 valence electrons. The molecule has 1 aromatic carbocycles. The number of fused-ring (bicyclic) bond motifs is 1. The van der Waals surface area contributed by atoms with E-state index in [0.29, 0.717) is 5.92 Å². The minimum atomic E-state index is 0.444. The van der Waals surface area contributed by atoms with Crippen molar-refractivity contribution in [1.82, 2.24) is 9.97 Å². The molecule has 0 aliphatic heterocycles. The molecular weight excluding hydrogens is 172 g/mol. The third-order valence-corrected chi connectivity index (χ3v) is 2.56. The van der Waals surface area contributed by atoms with Crippen molar-refractivity contribution in [3.05, 3.63) is 36.3 Å². The molecule has 0 saturated heterocycles. The zero-order chi connectivity index (χ0) is 9.97. The largest absolute Gasteiger partial charge is 0.240 e. The lowest BCUT2D eigenvalue weighted by atomic mass is 10.1. The molecule has 1 heterocycles. The number of hydrogen-bond donors (Lipinski definition) is 0. The van der Waals surface area contributed by atoms with Gasteiger partial charge in [-0.05, 0) is 12.5 Å². The Kier molecular flexibility index (Phi) is 2.44. The van der Waals surface area contributed by atoms with Crippen molar-refractivity contribution >= 4 is 10.9 Å². The van der Waals surface area contributed by atoms with Gasteiger partial charge in [0, 0.05) is 17.5 Å². The summed E-state index contributed by atoms with van der Waals surface area (Å²) in [4.78, 5) is 8.90. The number of aromatic nitrogens is 2. The molecule has 0 spiro atoms. The second kappa shape index (κ2) is 3.74. The summed E-state index contributed by atoms with van der Waals surface area (Å²) in [5, 5.41) is 1.11. The fourth-order valence-corrected chi connectivity index (χ4v) is 1.41. The summed E-state index contributed by atoms with van der Waals surface area (Å²) in [6.07, 6.45) is 2.99. The molecule has 0 radical (unpaired) electrons. The van der Waals surface area contributed by atoms with E-state index in [4.69, 9.17) is 0 Å². The summed E-state index contributed by atoms with van der Waals surface area (Å²) in [6.45, 7) is 4.31. The van der Waals surface area contributed by atoms with Crippen molar-refractivity contribution in [2.24, 2.45) is 0 Å². The van der Waals surface area contributed by atoms with Crippen molar-refractivity contribution in [3.63, 3.8) is 0 Å². The van der Waals surface area contributed by atoms with Crippen LogP contribution in [0.25, 0.3) is 10.9 Å². The van der Waals surface area contributed by atoms with E-state index in [-0.39, 0.29) is 0 Å². The Labute approximate surface area is 84.0 Å². The Bertz CT molecular complexity index is 437. The summed E-state index contributed by atoms with van der Waals surface area (Å²) in [5.74, 6) is 1.39. The molecule has 0 saturated carbocycles. The first-order valence-electron chi connectivity index (χ1n) is 5.03. The van der Waals surface area contributed by atoms with E-state index in [0.717, 1.165) is 23.1 Å². The zero-order valence-electron chi connectivity index (χ0n) is 8.57. The highest BCUT2D eigenvalue weighted by Crippen LogP contribution is 2.17. The molecule has 1 unspecified atom stereocenters. The molecule has 2 rings (SSSR count). The standard InChI is InChI=1S/C12H14N2/c1-3-9(2)12-13-8-10-6-4-5-7-11(10)14-12/h4-9H,3H2,1-2H3. The molecule has 2 nitrogen and oxygen atoms in total. The quantitative estimate of drug-likeness (QED) is 0.720. The van der Waals surface area contributed by atoms with E-state index in [1.807, 2.05) is 30.5 Å². The van der Waals surface area contributed by atoms with Gasteiger partial charge in [0.1, 0.15) is 5.82 Å². The predicted octanol–water partition coefficient (Wildman–Crippen LogP) is 3.14. The van der Waals surface area contributed by atoms with E-state index in [1.54, 1.807) is 0 Å². The number of rotatable bonds is 2. The van der Waals surface area contributed by atoms with Gasteiger partial charge in [-0.25, -0.2) is 9.97 Å². The van der Waals surface area contributed by atoms with Gasteiger partial charge in [-0.2, -0.15) is 0 Å². The van der Waals surface area contributed by atoms with Gasteiger partial charge in [0.05, 0.1) is 5.52 Å². The number of hydrogen-bond acceptors (Lipinski definition) is 2. The van der Waals surface area contributed by atoms with Crippen molar-refractivity contribution in [2.75, 3.05) is 0 Å². The van der Waals surface area contributed by atoms with Gasteiger partial charge in [0.25, 0.3) is 0 Å². The molecule has 2 aromatic rings. The van der Waals surface area contributed by atoms with E-state index in [1.165, 1.54) is 0 Å². The van der Waals surface area contributed by atoms with Gasteiger partial charge >= 0.3 is 0 Å². The van der Waals surface area contributed by atoms with Crippen LogP contribution >= 0.6 is 0 Å². The lowest BCUT2D eigenvalue weighted by Crippen LogP contribution is -1.99. The van der Waals surface area contributed by atoms with Crippen LogP contribution in [0.4, 0.5) is 0 Å². The van der Waals surface area contributed by atoms with E-state index >= 15 is 0 Å². The lowest BCUT2D eigenvalue weighted by Gasteiger charge is -2.06. The second-order valence-corrected chi connectivity index (χ2v) is 3.60. The second-order valence-electron chi connectivity index (χ2n) is 3.60. The highest BCUT2D eigenvalue weighted by atomic mass is 14.9. The fraction of sp³-hybridized carbons (Fsp3) is 0.333. The summed E-state index contributed by atoms with van der Waals surface area (Å²) < 4.78 is 0. The van der Waals surface area contributed by atoms with Crippen LogP contribution in [0.5, 0.6) is 0 Å². The monoisotopic (exact) mass is 186 g/mol. The molecule has 0 amide bonds. The van der Waals surface area contributed by atoms with Crippen LogP contribution < -0.4 is 0 Å². The average molecular weight is 186 g/mol. The van der Waals surface area contributed by atoms with Crippen molar-refractivity contribution in [1.29, 1.82) is 0 Å². The van der Waals surface area contributed by atoms with Gasteiger partial charge in [0.2, 0.25) is 0 Å². The van der Waals surface area contributed by atoms with E-state index < -0.39 is 0 Å². The van der Waals surface area contributed by atoms with Crippen LogP contribution in [0.3, 0.4) is 0 Å². The Morgan fingerprint density at radius 2 is 2.07 bits per heavy atom. The molecule has 2 heteroatoms. The van der Waals surface area contributed by atoms with E-state index in [2.05, 4.69) is 23.8 Å². The highest BCUT2D eigenvalue weighted by molar-refractivity contribution is 5.77. The van der Waals surface area contributed by atoms with Crippen LogP contribution in [0.15, 0.2) is 30.5 Å². The fourth-order valence-electron chi connectivity index (χ4n) is 1.41. The first-order valence-corrected chi connectivity index (χ1v) is 5.03. The van der Waals surface area contributed by atoms with Gasteiger partial charge < -0.3 is 0 Å². The number of nitrogens with zero attached hydrogens (tertiary/aromatic N) is 2. The number of para-hydroxylation sites is 1. The third-order valence-electron chi connectivity index (χ3n) is 2.56. The molecule has 0 N–H and O–H groups in total. The zero-order valence-corrected chi connectivity index (χ0v) is 8.57. The van der Waals surface area contributed by atoms with Gasteiger partial charge in [-0.15, -0.1) is 0 Å². The molecular formula is C12H14N2. The smallest absolute Gasteiger partial charge is 0.131 e. The summed E-state index contributed by atoms with van der Waals surface area (Å²) in [7, 11) is 0. The average Bonchev–Trinajstić information content (AvgIpc) is 2.27. The van der Waals surface area contributed by atoms with Crippen LogP contribution in [-0.4, -0.2) is 9.97 Å². The minimum Gasteiger partial charge on any atom is -0.240 e. The molecule has 14 heavy (non-hydrogen) atoms. The van der Waals surface area contributed by atoms with Gasteiger partial charge in [-0.1, -0.05) is 32.0 Å². The molecule has 1 aromatic heterocycles.